The SMILES string of the molecule is O=C(COC(=O)c1ccccc1N1C(=O)[C@@H]2[C@H](C1=O)[C@H]1C=C[C@H]2C1)c1ccc(F)cc1. The van der Waals surface area contributed by atoms with Gasteiger partial charge in [-0.1, -0.05) is 24.3 Å². The number of imide groups is 1. The Bertz CT molecular complexity index is 1110. The number of rotatable bonds is 5. The average molecular weight is 419 g/mol. The smallest absolute Gasteiger partial charge is 0.340 e. The van der Waals surface area contributed by atoms with E-state index in [0.29, 0.717) is 0 Å². The van der Waals surface area contributed by atoms with Gasteiger partial charge in [0.05, 0.1) is 23.1 Å². The Labute approximate surface area is 177 Å². The molecule has 2 bridgehead atoms. The molecule has 7 heteroatoms. The summed E-state index contributed by atoms with van der Waals surface area (Å²) in [5.74, 6) is -3.02. The number of hydrogen-bond acceptors (Lipinski definition) is 5. The zero-order valence-electron chi connectivity index (χ0n) is 16.4. The fraction of sp³-hybridized carbons (Fsp3) is 0.250. The molecule has 0 radical (unpaired) electrons. The zero-order valence-corrected chi connectivity index (χ0v) is 16.4. The van der Waals surface area contributed by atoms with Crippen molar-refractivity contribution in [2.75, 3.05) is 11.5 Å². The van der Waals surface area contributed by atoms with Crippen molar-refractivity contribution in [3.63, 3.8) is 0 Å². The fourth-order valence-corrected chi connectivity index (χ4v) is 4.91. The van der Waals surface area contributed by atoms with Crippen LogP contribution in [-0.4, -0.2) is 30.2 Å². The normalized spacial score (nSPS) is 25.8. The van der Waals surface area contributed by atoms with Crippen molar-refractivity contribution in [1.29, 1.82) is 0 Å². The number of carbonyl (C=O) groups excluding carboxylic acids is 4. The highest BCUT2D eigenvalue weighted by molar-refractivity contribution is 6.24. The van der Waals surface area contributed by atoms with Crippen LogP contribution in [0.2, 0.25) is 0 Å². The van der Waals surface area contributed by atoms with Crippen LogP contribution in [0.1, 0.15) is 27.1 Å². The van der Waals surface area contributed by atoms with E-state index in [0.717, 1.165) is 23.5 Å². The first-order chi connectivity index (χ1) is 15.0. The molecule has 4 atom stereocenters. The molecule has 0 unspecified atom stereocenters. The summed E-state index contributed by atoms with van der Waals surface area (Å²) in [6.45, 7) is -0.542. The lowest BCUT2D eigenvalue weighted by Crippen LogP contribution is -2.34. The molecule has 1 heterocycles. The van der Waals surface area contributed by atoms with E-state index in [2.05, 4.69) is 0 Å². The lowest BCUT2D eigenvalue weighted by atomic mass is 9.85. The number of nitrogens with zero attached hydrogens (tertiary/aromatic N) is 1. The maximum Gasteiger partial charge on any atom is 0.340 e. The predicted molar refractivity (Wildman–Crippen MR) is 108 cm³/mol. The van der Waals surface area contributed by atoms with E-state index in [4.69, 9.17) is 4.74 Å². The van der Waals surface area contributed by atoms with Gasteiger partial charge in [-0.05, 0) is 54.7 Å². The van der Waals surface area contributed by atoms with Gasteiger partial charge in [0.15, 0.2) is 12.4 Å². The summed E-state index contributed by atoms with van der Waals surface area (Å²) in [5.41, 5.74) is 0.421. The maximum absolute atomic E-state index is 13.1. The van der Waals surface area contributed by atoms with Gasteiger partial charge in [0.1, 0.15) is 5.82 Å². The van der Waals surface area contributed by atoms with Crippen LogP contribution in [0.4, 0.5) is 10.1 Å². The number of esters is 1. The minimum Gasteiger partial charge on any atom is -0.454 e. The summed E-state index contributed by atoms with van der Waals surface area (Å²) >= 11 is 0. The summed E-state index contributed by atoms with van der Waals surface area (Å²) in [5, 5.41) is 0. The molecular formula is C24H18FNO5. The Kier molecular flexibility index (Phi) is 4.54. The number of fused-ring (bicyclic) bond motifs is 5. The molecule has 3 aliphatic rings. The molecule has 2 amide bonds. The molecule has 2 aliphatic carbocycles. The lowest BCUT2D eigenvalue weighted by molar-refractivity contribution is -0.123. The van der Waals surface area contributed by atoms with Gasteiger partial charge < -0.3 is 4.74 Å². The van der Waals surface area contributed by atoms with E-state index in [-0.39, 0.29) is 52.3 Å². The van der Waals surface area contributed by atoms with Gasteiger partial charge in [-0.15, -0.1) is 0 Å². The first-order valence-corrected chi connectivity index (χ1v) is 10.1. The van der Waals surface area contributed by atoms with E-state index in [1.54, 1.807) is 12.1 Å². The number of benzene rings is 2. The topological polar surface area (TPSA) is 80.8 Å². The third-order valence-electron chi connectivity index (χ3n) is 6.34. The third-order valence-corrected chi connectivity index (χ3v) is 6.34. The first-order valence-electron chi connectivity index (χ1n) is 10.1. The molecule has 0 N–H and O–H groups in total. The highest BCUT2D eigenvalue weighted by Crippen LogP contribution is 2.53. The van der Waals surface area contributed by atoms with Crippen LogP contribution in [0.3, 0.4) is 0 Å². The number of ether oxygens (including phenoxy) is 1. The highest BCUT2D eigenvalue weighted by atomic mass is 19.1. The number of amides is 2. The number of para-hydroxylation sites is 1. The monoisotopic (exact) mass is 419 g/mol. The maximum atomic E-state index is 13.1. The predicted octanol–water partition coefficient (Wildman–Crippen LogP) is 3.18. The van der Waals surface area contributed by atoms with Crippen LogP contribution in [0.15, 0.2) is 60.7 Å². The largest absolute Gasteiger partial charge is 0.454 e. The second kappa shape index (κ2) is 7.27. The van der Waals surface area contributed by atoms with Crippen molar-refractivity contribution in [2.24, 2.45) is 23.7 Å². The molecule has 2 aromatic carbocycles. The van der Waals surface area contributed by atoms with Gasteiger partial charge in [0, 0.05) is 5.56 Å². The summed E-state index contributed by atoms with van der Waals surface area (Å²) in [7, 11) is 0. The number of carbonyl (C=O) groups is 4. The molecule has 0 aromatic heterocycles. The van der Waals surface area contributed by atoms with Crippen molar-refractivity contribution >= 4 is 29.3 Å². The first kappa shape index (κ1) is 19.4. The summed E-state index contributed by atoms with van der Waals surface area (Å²) in [4.78, 5) is 52.2. The summed E-state index contributed by atoms with van der Waals surface area (Å²) in [6.07, 6.45) is 4.82. The van der Waals surface area contributed by atoms with Gasteiger partial charge >= 0.3 is 5.97 Å². The molecule has 0 spiro atoms. The van der Waals surface area contributed by atoms with E-state index in [1.807, 2.05) is 12.2 Å². The number of anilines is 1. The second-order valence-corrected chi connectivity index (χ2v) is 8.04. The molecule has 2 aromatic rings. The van der Waals surface area contributed by atoms with Gasteiger partial charge in [0.25, 0.3) is 0 Å². The fourth-order valence-electron chi connectivity index (χ4n) is 4.91. The van der Waals surface area contributed by atoms with Crippen LogP contribution in [0.5, 0.6) is 0 Å². The minimum atomic E-state index is -0.815. The van der Waals surface area contributed by atoms with Gasteiger partial charge in [-0.2, -0.15) is 0 Å². The molecule has 31 heavy (non-hydrogen) atoms. The molecule has 156 valence electrons. The number of ketones is 1. The lowest BCUT2D eigenvalue weighted by Gasteiger charge is -2.19. The zero-order chi connectivity index (χ0) is 21.7. The Morgan fingerprint density at radius 1 is 0.935 bits per heavy atom. The van der Waals surface area contributed by atoms with E-state index in [9.17, 15) is 23.6 Å². The summed E-state index contributed by atoms with van der Waals surface area (Å²) < 4.78 is 18.2. The van der Waals surface area contributed by atoms with Crippen molar-refractivity contribution in [3.05, 3.63) is 77.6 Å². The van der Waals surface area contributed by atoms with Crippen LogP contribution in [0, 0.1) is 29.5 Å². The van der Waals surface area contributed by atoms with Crippen LogP contribution < -0.4 is 4.90 Å². The Hall–Kier alpha value is -3.61. The molecule has 1 saturated carbocycles. The van der Waals surface area contributed by atoms with Gasteiger partial charge in [-0.25, -0.2) is 14.1 Å². The quantitative estimate of drug-likeness (QED) is 0.322. The van der Waals surface area contributed by atoms with Crippen molar-refractivity contribution in [1.82, 2.24) is 0 Å². The molecular weight excluding hydrogens is 401 g/mol. The van der Waals surface area contributed by atoms with Crippen molar-refractivity contribution in [3.8, 4) is 0 Å². The van der Waals surface area contributed by atoms with E-state index < -0.39 is 24.2 Å². The van der Waals surface area contributed by atoms with Gasteiger partial charge in [-0.3, -0.25) is 14.4 Å². The summed E-state index contributed by atoms with van der Waals surface area (Å²) in [6, 6.07) is 11.1. The average Bonchev–Trinajstić information content (AvgIpc) is 3.46. The molecule has 1 saturated heterocycles. The molecule has 1 aliphatic heterocycles. The van der Waals surface area contributed by atoms with Crippen molar-refractivity contribution < 1.29 is 28.3 Å². The van der Waals surface area contributed by atoms with Crippen LogP contribution in [0.25, 0.3) is 0 Å². The van der Waals surface area contributed by atoms with Crippen LogP contribution in [-0.2, 0) is 14.3 Å². The number of hydrogen-bond donors (Lipinski definition) is 0. The van der Waals surface area contributed by atoms with Crippen LogP contribution >= 0.6 is 0 Å². The second-order valence-electron chi connectivity index (χ2n) is 8.04. The Morgan fingerprint density at radius 3 is 2.19 bits per heavy atom. The number of halogens is 1. The third kappa shape index (κ3) is 3.08. The van der Waals surface area contributed by atoms with Crippen molar-refractivity contribution in [2.45, 2.75) is 6.42 Å². The Morgan fingerprint density at radius 2 is 1.55 bits per heavy atom. The van der Waals surface area contributed by atoms with Gasteiger partial charge in [0.2, 0.25) is 11.8 Å². The molecule has 5 rings (SSSR count). The minimum absolute atomic E-state index is 0.0383. The molecule has 2 fully saturated rings. The Balaban J connectivity index is 1.35. The number of allylic oxidation sites excluding steroid dienone is 2. The molecule has 6 nitrogen and oxygen atoms in total. The van der Waals surface area contributed by atoms with E-state index >= 15 is 0 Å². The standard InChI is InChI=1S/C24H18FNO5/c25-16-9-7-13(8-10-16)19(27)12-31-24(30)17-3-1-2-4-18(17)26-22(28)20-14-5-6-15(11-14)21(20)23(26)29/h1-10,14-15,20-21H,11-12H2/t14-,15-,20-,21+/m0/s1. The number of Topliss-reactive ketones (excluding diaryl/α,β-unsaturated/α-hetero) is 1. The van der Waals surface area contributed by atoms with E-state index in [1.165, 1.54) is 24.3 Å². The highest BCUT2D eigenvalue weighted by Gasteiger charge is 2.59.